The van der Waals surface area contributed by atoms with E-state index in [0.717, 1.165) is 36.5 Å². The van der Waals surface area contributed by atoms with E-state index < -0.39 is 0 Å². The predicted octanol–water partition coefficient (Wildman–Crippen LogP) is 1.28. The molecular weight excluding hydrogens is 214 g/mol. The standard InChI is InChI=1S/C12H19N5/c1-16(2)8-5-7-14-12-11(13)10-6-3-4-9-17(10)15-12/h3-4,6,9H,5,7-8,13H2,1-2H3,(H,14,15). The maximum atomic E-state index is 6.02. The van der Waals surface area contributed by atoms with Crippen LogP contribution in [0.15, 0.2) is 24.4 Å². The van der Waals surface area contributed by atoms with E-state index in [0.29, 0.717) is 0 Å². The summed E-state index contributed by atoms with van der Waals surface area (Å²) in [6.45, 7) is 1.94. The monoisotopic (exact) mass is 233 g/mol. The number of hydrogen-bond acceptors (Lipinski definition) is 4. The van der Waals surface area contributed by atoms with E-state index in [1.54, 1.807) is 4.52 Å². The Morgan fingerprint density at radius 1 is 1.41 bits per heavy atom. The van der Waals surface area contributed by atoms with Gasteiger partial charge < -0.3 is 16.0 Å². The van der Waals surface area contributed by atoms with E-state index in [1.807, 2.05) is 24.4 Å². The summed E-state index contributed by atoms with van der Waals surface area (Å²) in [5.41, 5.74) is 7.69. The van der Waals surface area contributed by atoms with Crippen LogP contribution in [0.2, 0.25) is 0 Å². The van der Waals surface area contributed by atoms with Crippen molar-refractivity contribution in [3.63, 3.8) is 0 Å². The predicted molar refractivity (Wildman–Crippen MR) is 71.3 cm³/mol. The molecule has 0 radical (unpaired) electrons. The fourth-order valence-corrected chi connectivity index (χ4v) is 1.75. The van der Waals surface area contributed by atoms with Crippen molar-refractivity contribution in [1.29, 1.82) is 0 Å². The zero-order valence-corrected chi connectivity index (χ0v) is 10.3. The van der Waals surface area contributed by atoms with Crippen molar-refractivity contribution >= 4 is 17.0 Å². The van der Waals surface area contributed by atoms with Gasteiger partial charge in [0, 0.05) is 12.7 Å². The molecule has 0 aliphatic carbocycles. The first-order valence-electron chi connectivity index (χ1n) is 5.80. The molecule has 0 spiro atoms. The molecule has 0 atom stereocenters. The Balaban J connectivity index is 2.01. The summed E-state index contributed by atoms with van der Waals surface area (Å²) in [6, 6.07) is 5.87. The first-order valence-corrected chi connectivity index (χ1v) is 5.80. The van der Waals surface area contributed by atoms with Gasteiger partial charge in [0.25, 0.3) is 0 Å². The number of nitrogen functional groups attached to an aromatic ring is 1. The van der Waals surface area contributed by atoms with Crippen molar-refractivity contribution in [3.8, 4) is 0 Å². The van der Waals surface area contributed by atoms with Crippen LogP contribution in [0.4, 0.5) is 11.5 Å². The Labute approximate surface area is 101 Å². The second-order valence-electron chi connectivity index (χ2n) is 4.38. The lowest BCUT2D eigenvalue weighted by Crippen LogP contribution is -2.16. The minimum absolute atomic E-state index is 0.718. The quantitative estimate of drug-likeness (QED) is 0.764. The van der Waals surface area contributed by atoms with Crippen LogP contribution < -0.4 is 11.1 Å². The minimum atomic E-state index is 0.718. The molecule has 0 aromatic carbocycles. The van der Waals surface area contributed by atoms with Gasteiger partial charge in [0.2, 0.25) is 0 Å². The molecule has 0 aliphatic rings. The topological polar surface area (TPSA) is 58.6 Å². The third kappa shape index (κ3) is 2.68. The first-order chi connectivity index (χ1) is 8.18. The van der Waals surface area contributed by atoms with E-state index in [1.165, 1.54) is 0 Å². The fourth-order valence-electron chi connectivity index (χ4n) is 1.75. The lowest BCUT2D eigenvalue weighted by Gasteiger charge is -2.09. The molecule has 3 N–H and O–H groups in total. The molecule has 0 unspecified atom stereocenters. The number of nitrogens with two attached hydrogens (primary N) is 1. The van der Waals surface area contributed by atoms with Gasteiger partial charge in [-0.1, -0.05) is 6.07 Å². The third-order valence-corrected chi connectivity index (χ3v) is 2.65. The molecule has 0 aliphatic heterocycles. The molecule has 0 saturated heterocycles. The van der Waals surface area contributed by atoms with E-state index >= 15 is 0 Å². The van der Waals surface area contributed by atoms with Gasteiger partial charge in [-0.25, -0.2) is 4.52 Å². The molecule has 2 aromatic rings. The van der Waals surface area contributed by atoms with Crippen LogP contribution in [-0.2, 0) is 0 Å². The van der Waals surface area contributed by atoms with Gasteiger partial charge in [-0.05, 0) is 39.2 Å². The maximum Gasteiger partial charge on any atom is 0.172 e. The Morgan fingerprint density at radius 2 is 2.24 bits per heavy atom. The minimum Gasteiger partial charge on any atom is -0.394 e. The number of hydrogen-bond donors (Lipinski definition) is 2. The lowest BCUT2D eigenvalue weighted by molar-refractivity contribution is 0.405. The smallest absolute Gasteiger partial charge is 0.172 e. The van der Waals surface area contributed by atoms with Crippen molar-refractivity contribution in [2.24, 2.45) is 0 Å². The molecule has 5 nitrogen and oxygen atoms in total. The number of nitrogens with one attached hydrogen (secondary N) is 1. The summed E-state index contributed by atoms with van der Waals surface area (Å²) >= 11 is 0. The first kappa shape index (κ1) is 11.7. The van der Waals surface area contributed by atoms with Gasteiger partial charge in [-0.3, -0.25) is 0 Å². The number of aromatic nitrogens is 2. The van der Waals surface area contributed by atoms with Gasteiger partial charge >= 0.3 is 0 Å². The molecule has 0 fully saturated rings. The van der Waals surface area contributed by atoms with Crippen LogP contribution in [0.3, 0.4) is 0 Å². The molecule has 2 heterocycles. The van der Waals surface area contributed by atoms with Crippen LogP contribution in [0.25, 0.3) is 5.52 Å². The Hall–Kier alpha value is -1.75. The van der Waals surface area contributed by atoms with Crippen LogP contribution in [-0.4, -0.2) is 41.7 Å². The summed E-state index contributed by atoms with van der Waals surface area (Å²) in [4.78, 5) is 2.16. The largest absolute Gasteiger partial charge is 0.394 e. The van der Waals surface area contributed by atoms with Crippen molar-refractivity contribution < 1.29 is 0 Å². The Kier molecular flexibility index (Phi) is 3.49. The van der Waals surface area contributed by atoms with E-state index in [-0.39, 0.29) is 0 Å². The lowest BCUT2D eigenvalue weighted by atomic mass is 10.3. The molecule has 2 rings (SSSR count). The number of nitrogens with zero attached hydrogens (tertiary/aromatic N) is 3. The van der Waals surface area contributed by atoms with Gasteiger partial charge in [0.15, 0.2) is 5.82 Å². The molecule has 17 heavy (non-hydrogen) atoms. The van der Waals surface area contributed by atoms with Crippen LogP contribution in [0.1, 0.15) is 6.42 Å². The molecular formula is C12H19N5. The highest BCUT2D eigenvalue weighted by molar-refractivity contribution is 5.80. The molecule has 92 valence electrons. The average molecular weight is 233 g/mol. The highest BCUT2D eigenvalue weighted by Gasteiger charge is 2.07. The van der Waals surface area contributed by atoms with E-state index in [9.17, 15) is 0 Å². The Bertz CT molecular complexity index is 489. The van der Waals surface area contributed by atoms with Crippen molar-refractivity contribution in [2.45, 2.75) is 6.42 Å². The molecule has 0 saturated carbocycles. The van der Waals surface area contributed by atoms with E-state index in [4.69, 9.17) is 5.73 Å². The molecule has 0 bridgehead atoms. The molecule has 0 amide bonds. The number of anilines is 2. The van der Waals surface area contributed by atoms with Gasteiger partial charge in [-0.2, -0.15) is 0 Å². The molecule has 2 aromatic heterocycles. The highest BCUT2D eigenvalue weighted by Crippen LogP contribution is 2.22. The van der Waals surface area contributed by atoms with Crippen LogP contribution >= 0.6 is 0 Å². The third-order valence-electron chi connectivity index (χ3n) is 2.65. The summed E-state index contributed by atoms with van der Waals surface area (Å²) in [5, 5.41) is 7.67. The highest BCUT2D eigenvalue weighted by atomic mass is 15.3. The fraction of sp³-hybridized carbons (Fsp3) is 0.417. The van der Waals surface area contributed by atoms with Crippen LogP contribution in [0, 0.1) is 0 Å². The maximum absolute atomic E-state index is 6.02. The second kappa shape index (κ2) is 5.05. The summed E-state index contributed by atoms with van der Waals surface area (Å²) in [6.07, 6.45) is 2.97. The van der Waals surface area contributed by atoms with Crippen molar-refractivity contribution in [1.82, 2.24) is 14.5 Å². The average Bonchev–Trinajstić information content (AvgIpc) is 2.63. The van der Waals surface area contributed by atoms with Crippen molar-refractivity contribution in [3.05, 3.63) is 24.4 Å². The SMILES string of the molecule is CN(C)CCCNc1nn2ccccc2c1N. The summed E-state index contributed by atoms with van der Waals surface area (Å²) < 4.78 is 1.80. The second-order valence-corrected chi connectivity index (χ2v) is 4.38. The zero-order chi connectivity index (χ0) is 12.3. The number of rotatable bonds is 5. The number of fused-ring (bicyclic) bond motifs is 1. The number of pyridine rings is 1. The van der Waals surface area contributed by atoms with Gasteiger partial charge in [0.1, 0.15) is 5.69 Å². The van der Waals surface area contributed by atoms with Gasteiger partial charge in [0.05, 0.1) is 5.52 Å². The van der Waals surface area contributed by atoms with Crippen molar-refractivity contribution in [2.75, 3.05) is 38.2 Å². The zero-order valence-electron chi connectivity index (χ0n) is 10.3. The Morgan fingerprint density at radius 3 is 2.94 bits per heavy atom. The summed E-state index contributed by atoms with van der Waals surface area (Å²) in [7, 11) is 4.14. The normalized spacial score (nSPS) is 11.2. The molecule has 5 heteroatoms. The van der Waals surface area contributed by atoms with Crippen LogP contribution in [0.5, 0.6) is 0 Å². The van der Waals surface area contributed by atoms with E-state index in [2.05, 4.69) is 29.4 Å². The summed E-state index contributed by atoms with van der Waals surface area (Å²) in [5.74, 6) is 0.773. The van der Waals surface area contributed by atoms with Gasteiger partial charge in [-0.15, -0.1) is 5.10 Å².